The zero-order chi connectivity index (χ0) is 13.8. The molecule has 19 heavy (non-hydrogen) atoms. The third-order valence-corrected chi connectivity index (χ3v) is 3.31. The van der Waals surface area contributed by atoms with E-state index in [0.29, 0.717) is 13.0 Å². The Kier molecular flexibility index (Phi) is 4.20. The van der Waals surface area contributed by atoms with E-state index in [1.807, 2.05) is 43.0 Å². The van der Waals surface area contributed by atoms with Crippen molar-refractivity contribution in [1.29, 1.82) is 0 Å². The van der Waals surface area contributed by atoms with Crippen molar-refractivity contribution in [3.8, 4) is 0 Å². The maximum atomic E-state index is 11.6. The molecule has 2 amide bonds. The first-order valence-electron chi connectivity index (χ1n) is 6.75. The molecule has 0 aromatic heterocycles. The van der Waals surface area contributed by atoms with Gasteiger partial charge in [0.15, 0.2) is 0 Å². The van der Waals surface area contributed by atoms with E-state index in [2.05, 4.69) is 5.32 Å². The molecule has 1 heterocycles. The lowest BCUT2D eigenvalue weighted by Crippen LogP contribution is -2.27. The molecule has 0 bridgehead atoms. The van der Waals surface area contributed by atoms with Crippen LogP contribution in [0.5, 0.6) is 0 Å². The van der Waals surface area contributed by atoms with Gasteiger partial charge in [-0.15, -0.1) is 0 Å². The zero-order valence-electron chi connectivity index (χ0n) is 11.5. The Hall–Kier alpha value is -1.84. The van der Waals surface area contributed by atoms with Crippen molar-refractivity contribution < 1.29 is 9.59 Å². The van der Waals surface area contributed by atoms with Gasteiger partial charge in [-0.25, -0.2) is 0 Å². The topological polar surface area (TPSA) is 49.4 Å². The molecule has 0 aliphatic carbocycles. The molecule has 1 aromatic rings. The second kappa shape index (κ2) is 5.87. The van der Waals surface area contributed by atoms with Gasteiger partial charge in [-0.05, 0) is 24.1 Å². The molecule has 0 saturated carbocycles. The Morgan fingerprint density at radius 3 is 2.53 bits per heavy atom. The molecule has 0 spiro atoms. The number of carbonyl (C=O) groups is 2. The fourth-order valence-corrected chi connectivity index (χ4v) is 2.11. The van der Waals surface area contributed by atoms with Crippen LogP contribution in [0.1, 0.15) is 32.3 Å². The van der Waals surface area contributed by atoms with Crippen molar-refractivity contribution in [3.63, 3.8) is 0 Å². The van der Waals surface area contributed by atoms with Crippen LogP contribution >= 0.6 is 0 Å². The summed E-state index contributed by atoms with van der Waals surface area (Å²) >= 11 is 0. The van der Waals surface area contributed by atoms with Crippen LogP contribution < -0.4 is 10.2 Å². The molecular formula is C15H20N2O2. The number of rotatable bonds is 4. The molecule has 2 rings (SSSR count). The minimum atomic E-state index is 0.00138. The summed E-state index contributed by atoms with van der Waals surface area (Å²) in [5.74, 6) is 0.251. The minimum Gasteiger partial charge on any atom is -0.352 e. The van der Waals surface area contributed by atoms with Crippen molar-refractivity contribution >= 4 is 17.5 Å². The van der Waals surface area contributed by atoms with Gasteiger partial charge >= 0.3 is 0 Å². The largest absolute Gasteiger partial charge is 0.352 e. The van der Waals surface area contributed by atoms with Gasteiger partial charge in [0, 0.05) is 31.1 Å². The average Bonchev–Trinajstić information content (AvgIpc) is 2.82. The van der Waals surface area contributed by atoms with E-state index in [0.717, 1.165) is 24.2 Å². The van der Waals surface area contributed by atoms with E-state index in [1.54, 1.807) is 0 Å². The number of anilines is 1. The highest BCUT2D eigenvalue weighted by Crippen LogP contribution is 2.21. The van der Waals surface area contributed by atoms with Crippen molar-refractivity contribution in [3.05, 3.63) is 29.8 Å². The number of nitrogens with one attached hydrogen (secondary N) is 1. The van der Waals surface area contributed by atoms with Crippen LogP contribution in [-0.2, 0) is 16.1 Å². The molecular weight excluding hydrogens is 240 g/mol. The summed E-state index contributed by atoms with van der Waals surface area (Å²) in [7, 11) is 0. The highest BCUT2D eigenvalue weighted by Gasteiger charge is 2.21. The maximum Gasteiger partial charge on any atom is 0.227 e. The quantitative estimate of drug-likeness (QED) is 0.901. The number of amides is 2. The van der Waals surface area contributed by atoms with Crippen molar-refractivity contribution in [2.75, 3.05) is 11.4 Å². The first-order chi connectivity index (χ1) is 9.08. The van der Waals surface area contributed by atoms with Gasteiger partial charge in [0.2, 0.25) is 11.8 Å². The number of hydrogen-bond donors (Lipinski definition) is 1. The molecule has 1 N–H and O–H groups in total. The highest BCUT2D eigenvalue weighted by molar-refractivity contribution is 5.95. The predicted molar refractivity (Wildman–Crippen MR) is 74.7 cm³/mol. The molecule has 4 heteroatoms. The van der Waals surface area contributed by atoms with Crippen LogP contribution in [0.15, 0.2) is 24.3 Å². The fraction of sp³-hybridized carbons (Fsp3) is 0.467. The van der Waals surface area contributed by atoms with Gasteiger partial charge in [-0.2, -0.15) is 0 Å². The number of carbonyl (C=O) groups excluding carboxylic acids is 2. The number of benzene rings is 1. The molecule has 1 fully saturated rings. The first kappa shape index (κ1) is 13.6. The second-order valence-electron chi connectivity index (χ2n) is 5.19. The lowest BCUT2D eigenvalue weighted by atomic mass is 10.1. The average molecular weight is 260 g/mol. The Bertz CT molecular complexity index is 466. The summed E-state index contributed by atoms with van der Waals surface area (Å²) in [5, 5.41) is 2.88. The Morgan fingerprint density at radius 2 is 2.00 bits per heavy atom. The van der Waals surface area contributed by atoms with Crippen LogP contribution in [-0.4, -0.2) is 18.4 Å². The summed E-state index contributed by atoms with van der Waals surface area (Å²) in [6.07, 6.45) is 1.58. The molecule has 4 nitrogen and oxygen atoms in total. The van der Waals surface area contributed by atoms with E-state index >= 15 is 0 Å². The van der Waals surface area contributed by atoms with Gasteiger partial charge in [-0.3, -0.25) is 9.59 Å². The summed E-state index contributed by atoms with van der Waals surface area (Å²) in [4.78, 5) is 24.9. The van der Waals surface area contributed by atoms with Gasteiger partial charge in [0.05, 0.1) is 0 Å². The Morgan fingerprint density at radius 1 is 1.32 bits per heavy atom. The highest BCUT2D eigenvalue weighted by atomic mass is 16.2. The monoisotopic (exact) mass is 260 g/mol. The first-order valence-corrected chi connectivity index (χ1v) is 6.75. The molecule has 1 aliphatic rings. The van der Waals surface area contributed by atoms with Crippen LogP contribution in [0.3, 0.4) is 0 Å². The number of hydrogen-bond acceptors (Lipinski definition) is 2. The third kappa shape index (κ3) is 3.34. The standard InChI is InChI=1S/C15H20N2O2/c1-11(2)15(19)16-10-12-5-7-13(8-6-12)17-9-3-4-14(17)18/h5-8,11H,3-4,9-10H2,1-2H3,(H,16,19). The lowest BCUT2D eigenvalue weighted by molar-refractivity contribution is -0.124. The summed E-state index contributed by atoms with van der Waals surface area (Å²) < 4.78 is 0. The van der Waals surface area contributed by atoms with Gasteiger partial charge in [0.1, 0.15) is 0 Å². The Labute approximate surface area is 113 Å². The van der Waals surface area contributed by atoms with Crippen LogP contribution in [0, 0.1) is 5.92 Å². The Balaban J connectivity index is 1.95. The molecule has 1 aromatic carbocycles. The van der Waals surface area contributed by atoms with E-state index in [9.17, 15) is 9.59 Å². The van der Waals surface area contributed by atoms with Gasteiger partial charge in [0.25, 0.3) is 0 Å². The molecule has 1 saturated heterocycles. The van der Waals surface area contributed by atoms with E-state index < -0.39 is 0 Å². The normalized spacial score (nSPS) is 15.1. The second-order valence-corrected chi connectivity index (χ2v) is 5.19. The number of nitrogens with zero attached hydrogens (tertiary/aromatic N) is 1. The van der Waals surface area contributed by atoms with Crippen LogP contribution in [0.25, 0.3) is 0 Å². The summed E-state index contributed by atoms with van der Waals surface area (Å²) in [6, 6.07) is 7.81. The van der Waals surface area contributed by atoms with Gasteiger partial charge in [-0.1, -0.05) is 26.0 Å². The smallest absolute Gasteiger partial charge is 0.227 e. The summed E-state index contributed by atoms with van der Waals surface area (Å²) in [5.41, 5.74) is 1.99. The molecule has 1 aliphatic heterocycles. The van der Waals surface area contributed by atoms with Crippen molar-refractivity contribution in [1.82, 2.24) is 5.32 Å². The van der Waals surface area contributed by atoms with E-state index in [-0.39, 0.29) is 17.7 Å². The predicted octanol–water partition coefficient (Wildman–Crippen LogP) is 2.09. The zero-order valence-corrected chi connectivity index (χ0v) is 11.5. The van der Waals surface area contributed by atoms with Gasteiger partial charge < -0.3 is 10.2 Å². The third-order valence-electron chi connectivity index (χ3n) is 3.31. The minimum absolute atomic E-state index is 0.00138. The lowest BCUT2D eigenvalue weighted by Gasteiger charge is -2.16. The summed E-state index contributed by atoms with van der Waals surface area (Å²) in [6.45, 7) is 5.09. The van der Waals surface area contributed by atoms with Crippen molar-refractivity contribution in [2.24, 2.45) is 5.92 Å². The molecule has 0 atom stereocenters. The van der Waals surface area contributed by atoms with Crippen LogP contribution in [0.4, 0.5) is 5.69 Å². The van der Waals surface area contributed by atoms with E-state index in [4.69, 9.17) is 0 Å². The molecule has 0 unspecified atom stereocenters. The fourth-order valence-electron chi connectivity index (χ4n) is 2.11. The van der Waals surface area contributed by atoms with Crippen molar-refractivity contribution in [2.45, 2.75) is 33.2 Å². The molecule has 102 valence electrons. The molecule has 0 radical (unpaired) electrons. The van der Waals surface area contributed by atoms with E-state index in [1.165, 1.54) is 0 Å². The SMILES string of the molecule is CC(C)C(=O)NCc1ccc(N2CCCC2=O)cc1. The van der Waals surface area contributed by atoms with Crippen LogP contribution in [0.2, 0.25) is 0 Å². The maximum absolute atomic E-state index is 11.6.